The molecule has 0 fully saturated rings. The summed E-state index contributed by atoms with van der Waals surface area (Å²) in [7, 11) is 1.11. The molecule has 0 saturated heterocycles. The fourth-order valence-corrected chi connectivity index (χ4v) is 0.698. The average Bonchev–Trinajstić information content (AvgIpc) is 2.27. The highest BCUT2D eigenvalue weighted by molar-refractivity contribution is 5.91. The Morgan fingerprint density at radius 2 is 1.65 bits per heavy atom. The van der Waals surface area contributed by atoms with Crippen LogP contribution >= 0.6 is 0 Å². The monoisotopic (exact) mass is 240 g/mol. The minimum absolute atomic E-state index is 0.313. The molecule has 2 N–H and O–H groups in total. The summed E-state index contributed by atoms with van der Waals surface area (Å²) in [6.45, 7) is 3.22. The molecule has 0 atom stereocenters. The highest BCUT2D eigenvalue weighted by Crippen LogP contribution is 1.96. The Morgan fingerprint density at radius 3 is 2.06 bits per heavy atom. The first-order chi connectivity index (χ1) is 7.88. The zero-order valence-electron chi connectivity index (χ0n) is 9.11. The van der Waals surface area contributed by atoms with Crippen LogP contribution in [0.3, 0.4) is 0 Å². The van der Waals surface area contributed by atoms with Crippen molar-refractivity contribution < 1.29 is 24.7 Å². The van der Waals surface area contributed by atoms with Crippen molar-refractivity contribution in [2.45, 2.75) is 0 Å². The maximum Gasteiger partial charge on any atom is 0.329 e. The molecule has 7 nitrogen and oxygen atoms in total. The summed E-state index contributed by atoms with van der Waals surface area (Å²) in [4.78, 5) is 33.3. The van der Waals surface area contributed by atoms with E-state index in [4.69, 9.17) is 10.3 Å². The Bertz CT molecular complexity index is 384. The van der Waals surface area contributed by atoms with Crippen LogP contribution in [0.5, 0.6) is 0 Å². The van der Waals surface area contributed by atoms with Gasteiger partial charge in [-0.25, -0.2) is 9.86 Å². The van der Waals surface area contributed by atoms with Crippen LogP contribution in [0.25, 0.3) is 0 Å². The van der Waals surface area contributed by atoms with Gasteiger partial charge in [0.05, 0.1) is 0 Å². The van der Waals surface area contributed by atoms with Gasteiger partial charge in [0.15, 0.2) is 0 Å². The van der Waals surface area contributed by atoms with Gasteiger partial charge >= 0.3 is 5.97 Å². The van der Waals surface area contributed by atoms with Crippen LogP contribution in [0.4, 0.5) is 0 Å². The number of carbonyl (C=O) groups excluding carboxylic acids is 2. The molecule has 17 heavy (non-hydrogen) atoms. The largest absolute Gasteiger partial charge is 0.478 e. The lowest BCUT2D eigenvalue weighted by Gasteiger charge is -2.10. The molecule has 0 bridgehead atoms. The topological polar surface area (TPSA) is 98.2 Å². The molecule has 0 saturated carbocycles. The molecule has 0 aromatic carbocycles. The molecule has 0 heterocycles. The van der Waals surface area contributed by atoms with Gasteiger partial charge in [0, 0.05) is 31.6 Å². The van der Waals surface area contributed by atoms with Gasteiger partial charge in [-0.2, -0.15) is 0 Å². The van der Waals surface area contributed by atoms with Gasteiger partial charge in [0.25, 0.3) is 11.8 Å². The molecule has 0 aromatic rings. The minimum atomic E-state index is -1.24. The Kier molecular flexibility index (Phi) is 5.98. The number of amides is 2. The fraction of sp³-hybridized carbons (Fsp3) is 0.100. The van der Waals surface area contributed by atoms with Crippen LogP contribution in [0.1, 0.15) is 0 Å². The minimum Gasteiger partial charge on any atom is -0.478 e. The number of rotatable bonds is 5. The normalized spacial score (nSPS) is 10.5. The molecule has 2 amide bonds. The summed E-state index contributed by atoms with van der Waals surface area (Å²) >= 11 is 0. The first-order valence-corrected chi connectivity index (χ1v) is 4.39. The van der Waals surface area contributed by atoms with E-state index in [1.54, 1.807) is 0 Å². The third kappa shape index (κ3) is 5.90. The molecule has 0 spiro atoms. The highest BCUT2D eigenvalue weighted by atomic mass is 16.5. The second kappa shape index (κ2) is 6.96. The van der Waals surface area contributed by atoms with Gasteiger partial charge in [-0.05, 0) is 6.08 Å². The molecule has 0 unspecified atom stereocenters. The molecule has 92 valence electrons. The Hall–Kier alpha value is -2.41. The molecule has 0 aliphatic carbocycles. The van der Waals surface area contributed by atoms with E-state index < -0.39 is 17.8 Å². The summed E-state index contributed by atoms with van der Waals surface area (Å²) in [5.74, 6) is -2.63. The van der Waals surface area contributed by atoms with Crippen LogP contribution in [0.2, 0.25) is 0 Å². The van der Waals surface area contributed by atoms with Crippen molar-refractivity contribution >= 4 is 17.8 Å². The van der Waals surface area contributed by atoms with Crippen molar-refractivity contribution in [3.63, 3.8) is 0 Å². The summed E-state index contributed by atoms with van der Waals surface area (Å²) in [6, 6.07) is 0. The number of aliphatic carboxylic acids is 1. The molecular weight excluding hydrogens is 228 g/mol. The van der Waals surface area contributed by atoms with Crippen molar-refractivity contribution in [2.75, 3.05) is 7.05 Å². The lowest BCUT2D eigenvalue weighted by Crippen LogP contribution is -2.22. The van der Waals surface area contributed by atoms with Crippen LogP contribution in [0.15, 0.2) is 37.2 Å². The first kappa shape index (κ1) is 14.6. The standard InChI is InChI=1S/C10H12N2O5/c1-3-8(13)12(7-5-10(15)16)6-4-9(14)11(2)17/h3-7,17H,1H2,2H3,(H,15,16). The lowest BCUT2D eigenvalue weighted by atomic mass is 10.4. The number of nitrogens with zero attached hydrogens (tertiary/aromatic N) is 2. The first-order valence-electron chi connectivity index (χ1n) is 4.39. The van der Waals surface area contributed by atoms with Gasteiger partial charge in [-0.3, -0.25) is 19.7 Å². The zero-order valence-corrected chi connectivity index (χ0v) is 9.11. The van der Waals surface area contributed by atoms with Gasteiger partial charge in [-0.1, -0.05) is 6.58 Å². The Labute approximate surface area is 97.5 Å². The number of carbonyl (C=O) groups is 3. The summed E-state index contributed by atoms with van der Waals surface area (Å²) in [5.41, 5.74) is 0. The second-order valence-corrected chi connectivity index (χ2v) is 2.78. The van der Waals surface area contributed by atoms with Gasteiger partial charge in [-0.15, -0.1) is 0 Å². The maximum atomic E-state index is 11.2. The van der Waals surface area contributed by atoms with Gasteiger partial charge in [0.1, 0.15) is 0 Å². The van der Waals surface area contributed by atoms with E-state index in [-0.39, 0.29) is 0 Å². The maximum absolute atomic E-state index is 11.2. The lowest BCUT2D eigenvalue weighted by molar-refractivity contribution is -0.153. The van der Waals surface area contributed by atoms with E-state index in [0.29, 0.717) is 5.06 Å². The van der Waals surface area contributed by atoms with E-state index in [1.807, 2.05) is 0 Å². The second-order valence-electron chi connectivity index (χ2n) is 2.78. The van der Waals surface area contributed by atoms with Crippen LogP contribution < -0.4 is 0 Å². The Balaban J connectivity index is 4.83. The predicted octanol–water partition coefficient (Wildman–Crippen LogP) is -0.0394. The molecule has 0 aromatic heterocycles. The predicted molar refractivity (Wildman–Crippen MR) is 57.5 cm³/mol. The van der Waals surface area contributed by atoms with Gasteiger partial charge < -0.3 is 5.11 Å². The molecule has 0 aliphatic rings. The fourth-order valence-electron chi connectivity index (χ4n) is 0.698. The molecular formula is C10H12N2O5. The number of hydroxylamine groups is 2. The van der Waals surface area contributed by atoms with Crippen LogP contribution in [0, 0.1) is 0 Å². The summed E-state index contributed by atoms with van der Waals surface area (Å²) < 4.78 is 0. The smallest absolute Gasteiger partial charge is 0.329 e. The van der Waals surface area contributed by atoms with Crippen molar-refractivity contribution in [3.05, 3.63) is 37.2 Å². The average molecular weight is 240 g/mol. The van der Waals surface area contributed by atoms with E-state index in [9.17, 15) is 14.4 Å². The number of carboxylic acid groups (broad SMARTS) is 1. The van der Waals surface area contributed by atoms with E-state index >= 15 is 0 Å². The van der Waals surface area contributed by atoms with Crippen molar-refractivity contribution in [2.24, 2.45) is 0 Å². The van der Waals surface area contributed by atoms with E-state index in [2.05, 4.69) is 6.58 Å². The molecule has 0 radical (unpaired) electrons. The zero-order chi connectivity index (χ0) is 13.4. The van der Waals surface area contributed by atoms with Crippen molar-refractivity contribution in [1.82, 2.24) is 9.96 Å². The quantitative estimate of drug-likeness (QED) is 0.399. The highest BCUT2D eigenvalue weighted by Gasteiger charge is 2.05. The van der Waals surface area contributed by atoms with Gasteiger partial charge in [0.2, 0.25) is 0 Å². The third-order valence-corrected chi connectivity index (χ3v) is 1.50. The van der Waals surface area contributed by atoms with Crippen LogP contribution in [-0.2, 0) is 14.4 Å². The van der Waals surface area contributed by atoms with E-state index in [1.165, 1.54) is 0 Å². The van der Waals surface area contributed by atoms with Crippen molar-refractivity contribution in [3.8, 4) is 0 Å². The third-order valence-electron chi connectivity index (χ3n) is 1.50. The van der Waals surface area contributed by atoms with E-state index in [0.717, 1.165) is 42.6 Å². The SMILES string of the molecule is C=CC(=O)N(C=CC(=O)O)C=CC(=O)N(C)O. The molecule has 0 aliphatic heterocycles. The number of carboxylic acids is 1. The number of likely N-dealkylation sites (N-methyl/N-ethyl adjacent to an activating group) is 1. The molecule has 0 rings (SSSR count). The summed E-state index contributed by atoms with van der Waals surface area (Å²) in [6.07, 6.45) is 4.53. The number of hydrogen-bond donors (Lipinski definition) is 2. The van der Waals surface area contributed by atoms with Crippen molar-refractivity contribution in [1.29, 1.82) is 0 Å². The summed E-state index contributed by atoms with van der Waals surface area (Å²) in [5, 5.41) is 17.5. The number of hydrogen-bond acceptors (Lipinski definition) is 4. The Morgan fingerprint density at radius 1 is 1.12 bits per heavy atom. The molecule has 7 heteroatoms. The van der Waals surface area contributed by atoms with Crippen LogP contribution in [-0.4, -0.2) is 45.1 Å².